The molecule has 0 aliphatic heterocycles. The largest absolute Gasteiger partial charge is 0.359 e. The summed E-state index contributed by atoms with van der Waals surface area (Å²) in [7, 11) is -3.74. The minimum atomic E-state index is -3.74. The number of benzene rings is 1. The molecule has 2 heterocycles. The minimum absolute atomic E-state index is 0.0181. The van der Waals surface area contributed by atoms with Gasteiger partial charge >= 0.3 is 0 Å². The highest BCUT2D eigenvalue weighted by molar-refractivity contribution is 7.89. The smallest absolute Gasteiger partial charge is 0.275 e. The number of sulfonamides is 1. The van der Waals surface area contributed by atoms with Crippen LogP contribution in [0.25, 0.3) is 10.8 Å². The van der Waals surface area contributed by atoms with E-state index in [9.17, 15) is 13.2 Å². The molecule has 1 aromatic carbocycles. The van der Waals surface area contributed by atoms with Crippen molar-refractivity contribution >= 4 is 32.4 Å². The highest BCUT2D eigenvalue weighted by atomic mass is 35.5. The van der Waals surface area contributed by atoms with Crippen molar-refractivity contribution in [3.63, 3.8) is 0 Å². The van der Waals surface area contributed by atoms with Crippen LogP contribution in [-0.2, 0) is 16.6 Å². The second-order valence-electron chi connectivity index (χ2n) is 7.06. The zero-order chi connectivity index (χ0) is 19.4. The number of nitrogens with one attached hydrogen (secondary N) is 1. The van der Waals surface area contributed by atoms with Crippen LogP contribution >= 0.6 is 11.6 Å². The van der Waals surface area contributed by atoms with Crippen molar-refractivity contribution in [2.75, 3.05) is 0 Å². The zero-order valence-electron chi connectivity index (χ0n) is 14.7. The van der Waals surface area contributed by atoms with Gasteiger partial charge in [-0.3, -0.25) is 4.79 Å². The lowest BCUT2D eigenvalue weighted by Gasteiger charge is -2.13. The SMILES string of the molecule is Cc1cc(Cn2nc(Cl)c3ccc(S(=O)(=O)NC4(C)CC4)cc3c2=O)on1. The molecule has 3 aromatic rings. The predicted molar refractivity (Wildman–Crippen MR) is 99.3 cm³/mol. The fourth-order valence-electron chi connectivity index (χ4n) is 2.81. The molecule has 0 saturated heterocycles. The van der Waals surface area contributed by atoms with Gasteiger partial charge in [0, 0.05) is 17.0 Å². The van der Waals surface area contributed by atoms with Crippen molar-refractivity contribution in [3.05, 3.63) is 51.2 Å². The molecule has 8 nitrogen and oxygen atoms in total. The number of halogens is 1. The van der Waals surface area contributed by atoms with Crippen LogP contribution in [0.3, 0.4) is 0 Å². The van der Waals surface area contributed by atoms with E-state index in [0.717, 1.165) is 17.5 Å². The van der Waals surface area contributed by atoms with Gasteiger partial charge in [-0.1, -0.05) is 16.8 Å². The Balaban J connectivity index is 1.80. The van der Waals surface area contributed by atoms with Crippen LogP contribution in [0.15, 0.2) is 38.5 Å². The molecule has 1 saturated carbocycles. The average molecular weight is 409 g/mol. The summed E-state index contributed by atoms with van der Waals surface area (Å²) in [5.41, 5.74) is -0.190. The van der Waals surface area contributed by atoms with Crippen LogP contribution in [0.4, 0.5) is 0 Å². The van der Waals surface area contributed by atoms with Crippen molar-refractivity contribution in [2.24, 2.45) is 0 Å². The lowest BCUT2D eigenvalue weighted by molar-refractivity contribution is 0.366. The number of hydrogen-bond acceptors (Lipinski definition) is 6. The number of nitrogens with zero attached hydrogens (tertiary/aromatic N) is 3. The van der Waals surface area contributed by atoms with E-state index < -0.39 is 21.1 Å². The quantitative estimate of drug-likeness (QED) is 0.693. The number of aromatic nitrogens is 3. The molecule has 1 aliphatic rings. The van der Waals surface area contributed by atoms with E-state index in [4.69, 9.17) is 16.1 Å². The molecule has 0 atom stereocenters. The summed E-state index contributed by atoms with van der Waals surface area (Å²) < 4.78 is 34.2. The minimum Gasteiger partial charge on any atom is -0.359 e. The zero-order valence-corrected chi connectivity index (χ0v) is 16.3. The molecule has 10 heteroatoms. The summed E-state index contributed by atoms with van der Waals surface area (Å²) in [6.07, 6.45) is 1.58. The first kappa shape index (κ1) is 18.1. The summed E-state index contributed by atoms with van der Waals surface area (Å²) in [6, 6.07) is 5.95. The number of aryl methyl sites for hydroxylation is 1. The van der Waals surface area contributed by atoms with Gasteiger partial charge < -0.3 is 4.52 Å². The van der Waals surface area contributed by atoms with Gasteiger partial charge in [0.05, 0.1) is 16.0 Å². The average Bonchev–Trinajstić information content (AvgIpc) is 3.17. The molecule has 27 heavy (non-hydrogen) atoms. The Kier molecular flexibility index (Phi) is 4.13. The first-order chi connectivity index (χ1) is 12.7. The predicted octanol–water partition coefficient (Wildman–Crippen LogP) is 2.23. The van der Waals surface area contributed by atoms with Crippen LogP contribution in [-0.4, -0.2) is 28.9 Å². The van der Waals surface area contributed by atoms with Crippen molar-refractivity contribution in [1.82, 2.24) is 19.7 Å². The number of rotatable bonds is 5. The highest BCUT2D eigenvalue weighted by Gasteiger charge is 2.41. The second kappa shape index (κ2) is 6.15. The molecule has 0 radical (unpaired) electrons. The van der Waals surface area contributed by atoms with Crippen molar-refractivity contribution in [2.45, 2.75) is 43.7 Å². The number of fused-ring (bicyclic) bond motifs is 1. The molecule has 1 N–H and O–H groups in total. The van der Waals surface area contributed by atoms with Crippen molar-refractivity contribution < 1.29 is 12.9 Å². The van der Waals surface area contributed by atoms with Gasteiger partial charge in [-0.05, 0) is 44.9 Å². The van der Waals surface area contributed by atoms with Gasteiger partial charge in [0.2, 0.25) is 10.0 Å². The number of hydrogen-bond donors (Lipinski definition) is 1. The van der Waals surface area contributed by atoms with E-state index in [1.165, 1.54) is 18.2 Å². The maximum absolute atomic E-state index is 12.8. The monoisotopic (exact) mass is 408 g/mol. The Hall–Kier alpha value is -2.23. The molecule has 0 unspecified atom stereocenters. The second-order valence-corrected chi connectivity index (χ2v) is 9.10. The van der Waals surface area contributed by atoms with Crippen LogP contribution < -0.4 is 10.3 Å². The van der Waals surface area contributed by atoms with Crippen LogP contribution in [0.5, 0.6) is 0 Å². The Morgan fingerprint density at radius 1 is 1.30 bits per heavy atom. The molecular formula is C17H17ClN4O4S. The fraction of sp³-hybridized carbons (Fsp3) is 0.353. The standard InChI is InChI=1S/C17H17ClN4O4S/c1-10-7-11(26-20-10)9-22-16(23)14-8-12(3-4-13(14)15(18)19-22)27(24,25)21-17(2)5-6-17/h3-4,7-8,21H,5-6,9H2,1-2H3. The van der Waals surface area contributed by atoms with Crippen LogP contribution in [0, 0.1) is 6.92 Å². The lowest BCUT2D eigenvalue weighted by Crippen LogP contribution is -2.34. The van der Waals surface area contributed by atoms with E-state index in [0.29, 0.717) is 16.8 Å². The maximum Gasteiger partial charge on any atom is 0.275 e. The Labute approximate surface area is 160 Å². The molecule has 0 amide bonds. The van der Waals surface area contributed by atoms with Gasteiger partial charge in [-0.25, -0.2) is 17.8 Å². The summed E-state index contributed by atoms with van der Waals surface area (Å²) in [5.74, 6) is 0.449. The third-order valence-electron chi connectivity index (χ3n) is 4.56. The molecular weight excluding hydrogens is 392 g/mol. The summed E-state index contributed by atoms with van der Waals surface area (Å²) >= 11 is 6.21. The van der Waals surface area contributed by atoms with E-state index in [1.54, 1.807) is 13.0 Å². The topological polar surface area (TPSA) is 107 Å². The van der Waals surface area contributed by atoms with Gasteiger partial charge in [0.15, 0.2) is 10.9 Å². The molecule has 1 fully saturated rings. The first-order valence-corrected chi connectivity index (χ1v) is 10.2. The Morgan fingerprint density at radius 2 is 2.04 bits per heavy atom. The van der Waals surface area contributed by atoms with Gasteiger partial charge in [0.25, 0.3) is 5.56 Å². The summed E-state index contributed by atoms with van der Waals surface area (Å²) in [6.45, 7) is 3.66. The van der Waals surface area contributed by atoms with Gasteiger partial charge in [-0.2, -0.15) is 5.10 Å². The van der Waals surface area contributed by atoms with E-state index in [2.05, 4.69) is 15.0 Å². The third kappa shape index (κ3) is 3.50. The maximum atomic E-state index is 12.8. The van der Waals surface area contributed by atoms with Gasteiger partial charge in [0.1, 0.15) is 6.54 Å². The third-order valence-corrected chi connectivity index (χ3v) is 6.48. The molecule has 142 valence electrons. The van der Waals surface area contributed by atoms with Crippen LogP contribution in [0.2, 0.25) is 5.15 Å². The summed E-state index contributed by atoms with van der Waals surface area (Å²) in [4.78, 5) is 12.9. The van der Waals surface area contributed by atoms with Crippen LogP contribution in [0.1, 0.15) is 31.2 Å². The van der Waals surface area contributed by atoms with Crippen molar-refractivity contribution in [1.29, 1.82) is 0 Å². The Morgan fingerprint density at radius 3 is 2.67 bits per heavy atom. The first-order valence-electron chi connectivity index (χ1n) is 8.33. The molecule has 1 aliphatic carbocycles. The molecule has 0 bridgehead atoms. The lowest BCUT2D eigenvalue weighted by atomic mass is 10.2. The highest BCUT2D eigenvalue weighted by Crippen LogP contribution is 2.36. The Bertz CT molecular complexity index is 1210. The van der Waals surface area contributed by atoms with E-state index >= 15 is 0 Å². The molecule has 2 aromatic heterocycles. The van der Waals surface area contributed by atoms with Gasteiger partial charge in [-0.15, -0.1) is 0 Å². The van der Waals surface area contributed by atoms with E-state index in [1.807, 2.05) is 6.92 Å². The summed E-state index contributed by atoms with van der Waals surface area (Å²) in [5, 5.41) is 8.53. The normalized spacial score (nSPS) is 16.0. The van der Waals surface area contributed by atoms with Crippen molar-refractivity contribution in [3.8, 4) is 0 Å². The molecule has 4 rings (SSSR count). The van der Waals surface area contributed by atoms with E-state index in [-0.39, 0.29) is 22.0 Å². The molecule has 0 spiro atoms. The fourth-order valence-corrected chi connectivity index (χ4v) is 4.56.